The third-order valence-corrected chi connectivity index (χ3v) is 4.12. The summed E-state index contributed by atoms with van der Waals surface area (Å²) in [7, 11) is 0. The first-order valence-electron chi connectivity index (χ1n) is 5.52. The molecule has 0 bridgehead atoms. The minimum atomic E-state index is -4.16. The first-order chi connectivity index (χ1) is 7.92. The first-order valence-corrected chi connectivity index (χ1v) is 6.57. The van der Waals surface area contributed by atoms with Gasteiger partial charge in [0.15, 0.2) is 0 Å². The summed E-state index contributed by atoms with van der Waals surface area (Å²) in [5, 5.41) is 8.52. The monoisotopic (exact) mass is 265 g/mol. The fourth-order valence-electron chi connectivity index (χ4n) is 1.85. The molecule has 1 rings (SSSR count). The van der Waals surface area contributed by atoms with E-state index in [0.29, 0.717) is 25.7 Å². The molecule has 1 aliphatic carbocycles. The molecule has 0 heterocycles. The Kier molecular flexibility index (Phi) is 5.31. The minimum Gasteiger partial charge on any atom is -0.300 e. The lowest BCUT2D eigenvalue weighted by Crippen LogP contribution is -2.23. The van der Waals surface area contributed by atoms with Gasteiger partial charge in [0.2, 0.25) is 0 Å². The number of alkyl halides is 3. The summed E-state index contributed by atoms with van der Waals surface area (Å²) in [4.78, 5) is 11.0. The molecular weight excluding hydrogens is 251 g/mol. The molecule has 0 amide bonds. The fraction of sp³-hybridized carbons (Fsp3) is 0.818. The van der Waals surface area contributed by atoms with Crippen molar-refractivity contribution in [2.45, 2.75) is 43.5 Å². The molecule has 1 aliphatic rings. The number of hydrogen-bond donors (Lipinski definition) is 0. The van der Waals surface area contributed by atoms with Crippen molar-refractivity contribution in [3.63, 3.8) is 0 Å². The predicted octanol–water partition coefficient (Wildman–Crippen LogP) is 3.32. The second-order valence-corrected chi connectivity index (χ2v) is 5.41. The Labute approximate surface area is 103 Å². The Bertz CT molecular complexity index is 301. The quantitative estimate of drug-likeness (QED) is 0.783. The van der Waals surface area contributed by atoms with E-state index in [0.717, 1.165) is 11.8 Å². The molecule has 0 radical (unpaired) electrons. The molecule has 1 fully saturated rings. The van der Waals surface area contributed by atoms with Crippen LogP contribution in [0.2, 0.25) is 0 Å². The second kappa shape index (κ2) is 6.29. The Morgan fingerprint density at radius 1 is 1.41 bits per heavy atom. The number of nitriles is 1. The minimum absolute atomic E-state index is 0.0657. The zero-order valence-electron chi connectivity index (χ0n) is 9.29. The highest BCUT2D eigenvalue weighted by Crippen LogP contribution is 2.33. The highest BCUT2D eigenvalue weighted by Gasteiger charge is 2.30. The van der Waals surface area contributed by atoms with Crippen LogP contribution in [0.4, 0.5) is 13.2 Å². The Morgan fingerprint density at radius 2 is 2.00 bits per heavy atom. The molecule has 0 spiro atoms. The fourth-order valence-corrected chi connectivity index (χ4v) is 3.07. The molecule has 17 heavy (non-hydrogen) atoms. The SMILES string of the molecule is N#CC(SCCC(F)(F)F)C1CCC(=O)CC1. The summed E-state index contributed by atoms with van der Waals surface area (Å²) in [5.41, 5.74) is 0. The number of ketones is 1. The number of hydrogen-bond acceptors (Lipinski definition) is 3. The van der Waals surface area contributed by atoms with Crippen molar-refractivity contribution in [2.24, 2.45) is 5.92 Å². The average Bonchev–Trinajstić information content (AvgIpc) is 2.24. The molecule has 2 nitrogen and oxygen atoms in total. The molecule has 0 aliphatic heterocycles. The average molecular weight is 265 g/mol. The van der Waals surface area contributed by atoms with Crippen molar-refractivity contribution in [3.05, 3.63) is 0 Å². The van der Waals surface area contributed by atoms with Gasteiger partial charge < -0.3 is 0 Å². The highest BCUT2D eigenvalue weighted by atomic mass is 32.2. The zero-order chi connectivity index (χ0) is 12.9. The molecule has 0 aromatic heterocycles. The number of carbonyl (C=O) groups is 1. The molecule has 0 N–H and O–H groups in total. The zero-order valence-corrected chi connectivity index (χ0v) is 10.1. The molecule has 96 valence electrons. The largest absolute Gasteiger partial charge is 0.389 e. The van der Waals surface area contributed by atoms with Crippen LogP contribution in [0.15, 0.2) is 0 Å². The van der Waals surface area contributed by atoms with Crippen molar-refractivity contribution in [1.29, 1.82) is 5.26 Å². The van der Waals surface area contributed by atoms with E-state index in [4.69, 9.17) is 5.26 Å². The van der Waals surface area contributed by atoms with Gasteiger partial charge in [-0.05, 0) is 18.8 Å². The van der Waals surface area contributed by atoms with Crippen LogP contribution < -0.4 is 0 Å². The predicted molar refractivity (Wildman–Crippen MR) is 59.5 cm³/mol. The normalized spacial score (nSPS) is 20.0. The number of rotatable bonds is 4. The van der Waals surface area contributed by atoms with Crippen LogP contribution in [0.25, 0.3) is 0 Å². The molecule has 0 aromatic carbocycles. The molecule has 0 aromatic rings. The molecular formula is C11H14F3NOS. The smallest absolute Gasteiger partial charge is 0.300 e. The van der Waals surface area contributed by atoms with Gasteiger partial charge in [-0.2, -0.15) is 18.4 Å². The maximum Gasteiger partial charge on any atom is 0.389 e. The maximum atomic E-state index is 12.0. The van der Waals surface area contributed by atoms with Gasteiger partial charge in [-0.25, -0.2) is 0 Å². The van der Waals surface area contributed by atoms with Gasteiger partial charge in [0.05, 0.1) is 17.7 Å². The lowest BCUT2D eigenvalue weighted by atomic mass is 9.86. The van der Waals surface area contributed by atoms with Gasteiger partial charge in [0.25, 0.3) is 0 Å². The summed E-state index contributed by atoms with van der Waals surface area (Å²) in [6, 6.07) is 2.06. The van der Waals surface area contributed by atoms with E-state index >= 15 is 0 Å². The van der Waals surface area contributed by atoms with Crippen LogP contribution >= 0.6 is 11.8 Å². The van der Waals surface area contributed by atoms with Gasteiger partial charge in [-0.1, -0.05) is 0 Å². The molecule has 1 unspecified atom stereocenters. The van der Waals surface area contributed by atoms with Crippen molar-refractivity contribution >= 4 is 17.5 Å². The third-order valence-electron chi connectivity index (χ3n) is 2.83. The molecule has 1 atom stereocenters. The van der Waals surface area contributed by atoms with E-state index in [2.05, 4.69) is 6.07 Å². The van der Waals surface area contributed by atoms with Gasteiger partial charge >= 0.3 is 6.18 Å². The van der Waals surface area contributed by atoms with Crippen molar-refractivity contribution < 1.29 is 18.0 Å². The van der Waals surface area contributed by atoms with E-state index in [9.17, 15) is 18.0 Å². The number of carbonyl (C=O) groups excluding carboxylic acids is 1. The van der Waals surface area contributed by atoms with Crippen LogP contribution in [0, 0.1) is 17.2 Å². The molecule has 1 saturated carbocycles. The van der Waals surface area contributed by atoms with E-state index in [1.54, 1.807) is 0 Å². The van der Waals surface area contributed by atoms with Crippen molar-refractivity contribution in [2.75, 3.05) is 5.75 Å². The Hall–Kier alpha value is -0.700. The lowest BCUT2D eigenvalue weighted by Gasteiger charge is -2.24. The number of halogens is 3. The van der Waals surface area contributed by atoms with E-state index in [1.807, 2.05) is 0 Å². The van der Waals surface area contributed by atoms with Crippen LogP contribution in [0.3, 0.4) is 0 Å². The highest BCUT2D eigenvalue weighted by molar-refractivity contribution is 8.00. The number of Topliss-reactive ketones (excluding diaryl/α,β-unsaturated/α-hetero) is 1. The van der Waals surface area contributed by atoms with Gasteiger partial charge in [0.1, 0.15) is 5.78 Å². The van der Waals surface area contributed by atoms with Crippen LogP contribution in [0.5, 0.6) is 0 Å². The number of thioether (sulfide) groups is 1. The van der Waals surface area contributed by atoms with E-state index in [-0.39, 0.29) is 17.5 Å². The molecule has 0 saturated heterocycles. The summed E-state index contributed by atoms with van der Waals surface area (Å²) in [5.74, 6) is 0.181. The van der Waals surface area contributed by atoms with Gasteiger partial charge in [0, 0.05) is 18.6 Å². The third kappa shape index (κ3) is 5.44. The topological polar surface area (TPSA) is 40.9 Å². The van der Waals surface area contributed by atoms with Crippen LogP contribution in [-0.2, 0) is 4.79 Å². The first kappa shape index (κ1) is 14.4. The van der Waals surface area contributed by atoms with Gasteiger partial charge in [-0.3, -0.25) is 4.79 Å². The Balaban J connectivity index is 2.34. The second-order valence-electron chi connectivity index (χ2n) is 4.16. The van der Waals surface area contributed by atoms with Crippen LogP contribution in [-0.4, -0.2) is 23.0 Å². The summed E-state index contributed by atoms with van der Waals surface area (Å²) < 4.78 is 35.9. The lowest BCUT2D eigenvalue weighted by molar-refractivity contribution is -0.129. The van der Waals surface area contributed by atoms with E-state index in [1.165, 1.54) is 0 Å². The van der Waals surface area contributed by atoms with Gasteiger partial charge in [-0.15, -0.1) is 11.8 Å². The van der Waals surface area contributed by atoms with Crippen molar-refractivity contribution in [3.8, 4) is 6.07 Å². The molecule has 6 heteroatoms. The summed E-state index contributed by atoms with van der Waals surface area (Å²) in [6.07, 6.45) is -2.82. The van der Waals surface area contributed by atoms with Crippen molar-refractivity contribution in [1.82, 2.24) is 0 Å². The van der Waals surface area contributed by atoms with Crippen LogP contribution in [0.1, 0.15) is 32.1 Å². The maximum absolute atomic E-state index is 12.0. The summed E-state index contributed by atoms with van der Waals surface area (Å²) >= 11 is 1.06. The Morgan fingerprint density at radius 3 is 2.47 bits per heavy atom. The summed E-state index contributed by atoms with van der Waals surface area (Å²) in [6.45, 7) is 0. The standard InChI is InChI=1S/C11H14F3NOS/c12-11(13,14)5-6-17-10(7-15)8-1-3-9(16)4-2-8/h8,10H,1-6H2. The van der Waals surface area contributed by atoms with E-state index < -0.39 is 17.8 Å². The number of nitrogens with zero attached hydrogens (tertiary/aromatic N) is 1.